The van der Waals surface area contributed by atoms with E-state index in [1.165, 1.54) is 21.9 Å². The molecule has 0 radical (unpaired) electrons. The molecule has 3 rings (SSSR count). The monoisotopic (exact) mass is 372 g/mol. The number of nitrogens with one attached hydrogen (secondary N) is 2. The molecule has 0 saturated carbocycles. The Bertz CT molecular complexity index is 911. The molecule has 0 aromatic heterocycles. The minimum atomic E-state index is 0.896. The highest BCUT2D eigenvalue weighted by Gasteiger charge is 1.98. The van der Waals surface area contributed by atoms with Gasteiger partial charge in [0.2, 0.25) is 0 Å². The van der Waals surface area contributed by atoms with E-state index in [4.69, 9.17) is 0 Å². The topological polar surface area (TPSA) is 24.1 Å². The van der Waals surface area contributed by atoms with Crippen LogP contribution in [0.25, 0.3) is 22.9 Å². The summed E-state index contributed by atoms with van der Waals surface area (Å²) in [5, 5.41) is 9.20. The standard InChI is InChI=1S/C24H26N2.C2H6/c1-3-23(25-4-2)14-10-19-8-12-22-18-20(9-13-21(22)17-19)11-15-24-7-5-6-16-26-24;1-2/h3,5-15,17-18,25-26H,4,16H2,1-2H3;1-2H3/b14-10+,15-11+,23-3-;. The number of hydrogen-bond donors (Lipinski definition) is 2. The van der Waals surface area contributed by atoms with Gasteiger partial charge in [-0.2, -0.15) is 0 Å². The van der Waals surface area contributed by atoms with Gasteiger partial charge >= 0.3 is 0 Å². The van der Waals surface area contributed by atoms with Gasteiger partial charge in [-0.15, -0.1) is 0 Å². The van der Waals surface area contributed by atoms with Crippen LogP contribution >= 0.6 is 0 Å². The fourth-order valence-corrected chi connectivity index (χ4v) is 2.91. The molecule has 2 heteroatoms. The maximum absolute atomic E-state index is 3.34. The summed E-state index contributed by atoms with van der Waals surface area (Å²) in [5.41, 5.74) is 4.71. The summed E-state index contributed by atoms with van der Waals surface area (Å²) >= 11 is 0. The molecule has 1 heterocycles. The van der Waals surface area contributed by atoms with Gasteiger partial charge in [-0.05, 0) is 66.1 Å². The summed E-state index contributed by atoms with van der Waals surface area (Å²) < 4.78 is 0. The van der Waals surface area contributed by atoms with Crippen molar-refractivity contribution in [2.45, 2.75) is 27.7 Å². The molecule has 1 aliphatic heterocycles. The first-order chi connectivity index (χ1) is 13.8. The summed E-state index contributed by atoms with van der Waals surface area (Å²) in [6, 6.07) is 13.2. The van der Waals surface area contributed by atoms with Gasteiger partial charge in [0.1, 0.15) is 0 Å². The Labute approximate surface area is 170 Å². The third-order valence-corrected chi connectivity index (χ3v) is 4.33. The predicted molar refractivity (Wildman–Crippen MR) is 126 cm³/mol. The van der Waals surface area contributed by atoms with Crippen LogP contribution in [0.1, 0.15) is 38.8 Å². The van der Waals surface area contributed by atoms with Gasteiger partial charge in [0.25, 0.3) is 0 Å². The first-order valence-corrected chi connectivity index (χ1v) is 10.2. The van der Waals surface area contributed by atoms with Gasteiger partial charge in [0.05, 0.1) is 0 Å². The average molecular weight is 373 g/mol. The van der Waals surface area contributed by atoms with E-state index in [1.54, 1.807) is 0 Å². The summed E-state index contributed by atoms with van der Waals surface area (Å²) in [4.78, 5) is 0. The van der Waals surface area contributed by atoms with Crippen molar-refractivity contribution in [2.24, 2.45) is 0 Å². The third kappa shape index (κ3) is 6.31. The molecule has 2 N–H and O–H groups in total. The van der Waals surface area contributed by atoms with Crippen molar-refractivity contribution in [3.05, 3.63) is 95.4 Å². The van der Waals surface area contributed by atoms with E-state index < -0.39 is 0 Å². The van der Waals surface area contributed by atoms with Crippen LogP contribution in [0.15, 0.2) is 84.2 Å². The molecule has 2 nitrogen and oxygen atoms in total. The van der Waals surface area contributed by atoms with E-state index >= 15 is 0 Å². The Morgan fingerprint density at radius 2 is 1.68 bits per heavy atom. The van der Waals surface area contributed by atoms with Crippen molar-refractivity contribution < 1.29 is 0 Å². The average Bonchev–Trinajstić information content (AvgIpc) is 2.77. The molecule has 0 amide bonds. The lowest BCUT2D eigenvalue weighted by Gasteiger charge is -2.07. The highest BCUT2D eigenvalue weighted by Crippen LogP contribution is 2.20. The van der Waals surface area contributed by atoms with Crippen LogP contribution in [0.3, 0.4) is 0 Å². The lowest BCUT2D eigenvalue weighted by Crippen LogP contribution is -2.13. The smallest absolute Gasteiger partial charge is 0.0342 e. The van der Waals surface area contributed by atoms with Crippen LogP contribution < -0.4 is 10.6 Å². The summed E-state index contributed by atoms with van der Waals surface area (Å²) in [5.74, 6) is 0. The second kappa shape index (κ2) is 11.7. The van der Waals surface area contributed by atoms with Crippen molar-refractivity contribution >= 4 is 22.9 Å². The maximum Gasteiger partial charge on any atom is 0.0342 e. The molecule has 28 heavy (non-hydrogen) atoms. The summed E-state index contributed by atoms with van der Waals surface area (Å²) in [6.45, 7) is 9.98. The second-order valence-corrected chi connectivity index (χ2v) is 6.24. The van der Waals surface area contributed by atoms with Crippen LogP contribution in [0, 0.1) is 0 Å². The van der Waals surface area contributed by atoms with E-state index in [-0.39, 0.29) is 0 Å². The third-order valence-electron chi connectivity index (χ3n) is 4.33. The van der Waals surface area contributed by atoms with E-state index in [0.29, 0.717) is 0 Å². The van der Waals surface area contributed by atoms with Crippen LogP contribution in [-0.2, 0) is 0 Å². The molecule has 0 bridgehead atoms. The number of benzene rings is 2. The summed E-state index contributed by atoms with van der Waals surface area (Å²) in [7, 11) is 0. The summed E-state index contributed by atoms with van der Waals surface area (Å²) in [6.07, 6.45) is 16.9. The second-order valence-electron chi connectivity index (χ2n) is 6.24. The first-order valence-electron chi connectivity index (χ1n) is 10.2. The normalized spacial score (nSPS) is 14.0. The van der Waals surface area contributed by atoms with Crippen molar-refractivity contribution in [1.29, 1.82) is 0 Å². The van der Waals surface area contributed by atoms with Gasteiger partial charge in [-0.1, -0.05) is 68.5 Å². The van der Waals surface area contributed by atoms with Gasteiger partial charge in [0.15, 0.2) is 0 Å². The lowest BCUT2D eigenvalue weighted by molar-refractivity contribution is 0.877. The van der Waals surface area contributed by atoms with Crippen LogP contribution in [0.2, 0.25) is 0 Å². The zero-order chi connectivity index (χ0) is 20.2. The van der Waals surface area contributed by atoms with Gasteiger partial charge in [-0.3, -0.25) is 0 Å². The van der Waals surface area contributed by atoms with Crippen LogP contribution in [0.5, 0.6) is 0 Å². The molecule has 2 aromatic rings. The molecular weight excluding hydrogens is 340 g/mol. The highest BCUT2D eigenvalue weighted by molar-refractivity contribution is 5.87. The Hall–Kier alpha value is -3.00. The number of hydrogen-bond acceptors (Lipinski definition) is 2. The predicted octanol–water partition coefficient (Wildman–Crippen LogP) is 6.45. The fraction of sp³-hybridized carbons (Fsp3) is 0.231. The zero-order valence-electron chi connectivity index (χ0n) is 17.5. The van der Waals surface area contributed by atoms with Gasteiger partial charge in [0, 0.05) is 24.5 Å². The van der Waals surface area contributed by atoms with E-state index in [1.807, 2.05) is 20.8 Å². The number of rotatable bonds is 6. The van der Waals surface area contributed by atoms with E-state index in [0.717, 1.165) is 24.5 Å². The van der Waals surface area contributed by atoms with Gasteiger partial charge in [-0.25, -0.2) is 0 Å². The largest absolute Gasteiger partial charge is 0.386 e. The Morgan fingerprint density at radius 3 is 2.25 bits per heavy atom. The maximum atomic E-state index is 3.34. The minimum Gasteiger partial charge on any atom is -0.386 e. The molecule has 0 spiro atoms. The highest BCUT2D eigenvalue weighted by atomic mass is 14.9. The Balaban J connectivity index is 0.00000136. The van der Waals surface area contributed by atoms with Crippen molar-refractivity contribution in [1.82, 2.24) is 10.6 Å². The molecule has 0 atom stereocenters. The van der Waals surface area contributed by atoms with Crippen LogP contribution in [0.4, 0.5) is 0 Å². The Kier molecular flexibility index (Phi) is 8.87. The molecule has 0 fully saturated rings. The first kappa shape index (κ1) is 21.3. The van der Waals surface area contributed by atoms with E-state index in [2.05, 4.69) is 103 Å². The number of fused-ring (bicyclic) bond motifs is 1. The number of likely N-dealkylation sites (N-methyl/N-ethyl adjacent to an activating group) is 1. The lowest BCUT2D eigenvalue weighted by atomic mass is 10.0. The molecule has 0 aliphatic carbocycles. The van der Waals surface area contributed by atoms with E-state index in [9.17, 15) is 0 Å². The quantitative estimate of drug-likeness (QED) is 0.569. The minimum absolute atomic E-state index is 0.896. The number of allylic oxidation sites excluding steroid dienone is 5. The van der Waals surface area contributed by atoms with Crippen LogP contribution in [-0.4, -0.2) is 13.1 Å². The molecule has 146 valence electrons. The molecule has 0 saturated heterocycles. The molecule has 1 aliphatic rings. The molecule has 2 aromatic carbocycles. The zero-order valence-corrected chi connectivity index (χ0v) is 17.5. The SMILES string of the molecule is C/C=C(/C=C/c1ccc2cc(/C=C/C3=CC=CCN3)ccc2c1)NCC.CC. The van der Waals surface area contributed by atoms with Crippen molar-refractivity contribution in [3.8, 4) is 0 Å². The van der Waals surface area contributed by atoms with Crippen molar-refractivity contribution in [2.75, 3.05) is 13.1 Å². The molecule has 0 unspecified atom stereocenters. The fourth-order valence-electron chi connectivity index (χ4n) is 2.91. The van der Waals surface area contributed by atoms with Crippen molar-refractivity contribution in [3.63, 3.8) is 0 Å². The Morgan fingerprint density at radius 1 is 1.00 bits per heavy atom. The van der Waals surface area contributed by atoms with Gasteiger partial charge < -0.3 is 10.6 Å². The molecular formula is C26H32N2. The number of dihydropyridines is 1.